The van der Waals surface area contributed by atoms with Gasteiger partial charge in [-0.15, -0.1) is 0 Å². The smallest absolute Gasteiger partial charge is 0.0695 e. The Labute approximate surface area is 63.8 Å². The quantitative estimate of drug-likeness (QED) is 0.600. The van der Waals surface area contributed by atoms with Crippen molar-refractivity contribution in [3.63, 3.8) is 0 Å². The molecule has 0 aliphatic rings. The van der Waals surface area contributed by atoms with Crippen LogP contribution in [-0.2, 0) is 0 Å². The van der Waals surface area contributed by atoms with Crippen LogP contribution in [0.5, 0.6) is 0 Å². The van der Waals surface area contributed by atoms with Crippen molar-refractivity contribution in [3.8, 4) is 0 Å². The molecular weight excluding hydrogens is 124 g/mol. The number of aliphatic hydroxyl groups is 1. The Balaban J connectivity index is 3.91. The third-order valence-corrected chi connectivity index (χ3v) is 1.89. The van der Waals surface area contributed by atoms with Crippen molar-refractivity contribution < 1.29 is 5.11 Å². The third kappa shape index (κ3) is 3.67. The van der Waals surface area contributed by atoms with Gasteiger partial charge in [0.25, 0.3) is 0 Å². The van der Waals surface area contributed by atoms with E-state index in [9.17, 15) is 0 Å². The highest BCUT2D eigenvalue weighted by Gasteiger charge is 2.00. The largest absolute Gasteiger partial charge is 0.389 e. The summed E-state index contributed by atoms with van der Waals surface area (Å²) in [6.07, 6.45) is 2.76. The van der Waals surface area contributed by atoms with E-state index in [0.717, 1.165) is 6.42 Å². The minimum atomic E-state index is -0.297. The molecule has 1 N–H and O–H groups in total. The molecule has 2 atom stereocenters. The zero-order chi connectivity index (χ0) is 8.15. The summed E-state index contributed by atoms with van der Waals surface area (Å²) in [4.78, 5) is 0. The molecule has 60 valence electrons. The van der Waals surface area contributed by atoms with Gasteiger partial charge in [0.05, 0.1) is 6.10 Å². The SMILES string of the molecule is CCC(C)/C(C)=C/C(C)O. The van der Waals surface area contributed by atoms with Crippen LogP contribution in [0.2, 0.25) is 0 Å². The number of allylic oxidation sites excluding steroid dienone is 1. The summed E-state index contributed by atoms with van der Waals surface area (Å²) in [5.41, 5.74) is 1.29. The molecule has 0 aliphatic carbocycles. The first-order valence-corrected chi connectivity index (χ1v) is 3.94. The zero-order valence-electron chi connectivity index (χ0n) is 7.39. The van der Waals surface area contributed by atoms with E-state index in [2.05, 4.69) is 20.8 Å². The molecule has 0 aliphatic heterocycles. The van der Waals surface area contributed by atoms with Crippen molar-refractivity contribution in [1.29, 1.82) is 0 Å². The maximum absolute atomic E-state index is 8.99. The highest BCUT2D eigenvalue weighted by atomic mass is 16.3. The first-order valence-electron chi connectivity index (χ1n) is 3.94. The van der Waals surface area contributed by atoms with Crippen LogP contribution in [-0.4, -0.2) is 11.2 Å². The van der Waals surface area contributed by atoms with E-state index in [1.54, 1.807) is 6.92 Å². The van der Waals surface area contributed by atoms with Gasteiger partial charge in [0, 0.05) is 0 Å². The van der Waals surface area contributed by atoms with E-state index in [4.69, 9.17) is 5.11 Å². The Morgan fingerprint density at radius 3 is 2.30 bits per heavy atom. The molecule has 0 fully saturated rings. The molecule has 0 aromatic rings. The summed E-state index contributed by atoms with van der Waals surface area (Å²) in [6.45, 7) is 8.19. The van der Waals surface area contributed by atoms with Crippen LogP contribution in [0.4, 0.5) is 0 Å². The molecule has 0 amide bonds. The van der Waals surface area contributed by atoms with E-state index < -0.39 is 0 Å². The second-order valence-corrected chi connectivity index (χ2v) is 2.96. The van der Waals surface area contributed by atoms with Gasteiger partial charge < -0.3 is 5.11 Å². The van der Waals surface area contributed by atoms with Gasteiger partial charge >= 0.3 is 0 Å². The Morgan fingerprint density at radius 2 is 2.00 bits per heavy atom. The molecule has 0 aromatic heterocycles. The predicted molar refractivity (Wildman–Crippen MR) is 44.9 cm³/mol. The number of aliphatic hydroxyl groups excluding tert-OH is 1. The first kappa shape index (κ1) is 9.70. The maximum atomic E-state index is 8.99. The van der Waals surface area contributed by atoms with Crippen molar-refractivity contribution in [3.05, 3.63) is 11.6 Å². The Kier molecular flexibility index (Phi) is 4.37. The Bertz CT molecular complexity index is 114. The van der Waals surface area contributed by atoms with Crippen molar-refractivity contribution in [1.82, 2.24) is 0 Å². The summed E-state index contributed by atoms with van der Waals surface area (Å²) in [5.74, 6) is 0.606. The van der Waals surface area contributed by atoms with Gasteiger partial charge in [-0.3, -0.25) is 0 Å². The van der Waals surface area contributed by atoms with E-state index >= 15 is 0 Å². The number of rotatable bonds is 3. The van der Waals surface area contributed by atoms with E-state index in [1.165, 1.54) is 5.57 Å². The molecule has 0 heterocycles. The second kappa shape index (κ2) is 4.51. The molecule has 0 spiro atoms. The number of hydrogen-bond acceptors (Lipinski definition) is 1. The van der Waals surface area contributed by atoms with Crippen molar-refractivity contribution in [2.75, 3.05) is 0 Å². The predicted octanol–water partition coefficient (Wildman–Crippen LogP) is 2.36. The van der Waals surface area contributed by atoms with Crippen LogP contribution < -0.4 is 0 Å². The minimum Gasteiger partial charge on any atom is -0.389 e. The van der Waals surface area contributed by atoms with Gasteiger partial charge in [-0.2, -0.15) is 0 Å². The maximum Gasteiger partial charge on any atom is 0.0695 e. The fourth-order valence-electron chi connectivity index (χ4n) is 0.867. The monoisotopic (exact) mass is 142 g/mol. The zero-order valence-corrected chi connectivity index (χ0v) is 7.39. The minimum absolute atomic E-state index is 0.297. The molecule has 0 aromatic carbocycles. The fraction of sp³-hybridized carbons (Fsp3) is 0.778. The highest BCUT2D eigenvalue weighted by Crippen LogP contribution is 2.13. The number of hydrogen-bond donors (Lipinski definition) is 1. The molecule has 0 saturated carbocycles. The summed E-state index contributed by atoms with van der Waals surface area (Å²) in [7, 11) is 0. The van der Waals surface area contributed by atoms with Gasteiger partial charge in [-0.05, 0) is 26.2 Å². The van der Waals surface area contributed by atoms with E-state index in [0.29, 0.717) is 5.92 Å². The molecule has 0 saturated heterocycles. The fourth-order valence-corrected chi connectivity index (χ4v) is 0.867. The first-order chi connectivity index (χ1) is 4.57. The third-order valence-electron chi connectivity index (χ3n) is 1.89. The molecule has 0 rings (SSSR count). The molecule has 10 heavy (non-hydrogen) atoms. The highest BCUT2D eigenvalue weighted by molar-refractivity contribution is 5.03. The van der Waals surface area contributed by atoms with Gasteiger partial charge in [-0.1, -0.05) is 25.5 Å². The second-order valence-electron chi connectivity index (χ2n) is 2.96. The normalized spacial score (nSPS) is 18.7. The standard InChI is InChI=1S/C9H18O/c1-5-7(2)8(3)6-9(4)10/h6-7,9-10H,5H2,1-4H3/b8-6+. The summed E-state index contributed by atoms with van der Waals surface area (Å²) in [6, 6.07) is 0. The van der Waals surface area contributed by atoms with Crippen molar-refractivity contribution >= 4 is 0 Å². The van der Waals surface area contributed by atoms with Crippen LogP contribution >= 0.6 is 0 Å². The van der Waals surface area contributed by atoms with Crippen molar-refractivity contribution in [2.24, 2.45) is 5.92 Å². The molecule has 0 bridgehead atoms. The Morgan fingerprint density at radius 1 is 1.50 bits per heavy atom. The summed E-state index contributed by atoms with van der Waals surface area (Å²) >= 11 is 0. The summed E-state index contributed by atoms with van der Waals surface area (Å²) in [5, 5.41) is 8.99. The van der Waals surface area contributed by atoms with Crippen molar-refractivity contribution in [2.45, 2.75) is 40.2 Å². The molecule has 1 heteroatoms. The molecule has 2 unspecified atom stereocenters. The van der Waals surface area contributed by atoms with Gasteiger partial charge in [0.1, 0.15) is 0 Å². The van der Waals surface area contributed by atoms with Crippen LogP contribution in [0.3, 0.4) is 0 Å². The molecule has 1 nitrogen and oxygen atoms in total. The average molecular weight is 142 g/mol. The average Bonchev–Trinajstić information content (AvgIpc) is 1.85. The van der Waals surface area contributed by atoms with Crippen LogP contribution in [0.1, 0.15) is 34.1 Å². The lowest BCUT2D eigenvalue weighted by atomic mass is 9.99. The van der Waals surface area contributed by atoms with Crippen LogP contribution in [0, 0.1) is 5.92 Å². The van der Waals surface area contributed by atoms with Gasteiger partial charge in [0.2, 0.25) is 0 Å². The van der Waals surface area contributed by atoms with E-state index in [1.807, 2.05) is 6.08 Å². The van der Waals surface area contributed by atoms with Gasteiger partial charge in [0.15, 0.2) is 0 Å². The Hall–Kier alpha value is -0.300. The molecular formula is C9H18O. The topological polar surface area (TPSA) is 20.2 Å². The van der Waals surface area contributed by atoms with Crippen LogP contribution in [0.25, 0.3) is 0 Å². The summed E-state index contributed by atoms with van der Waals surface area (Å²) < 4.78 is 0. The lowest BCUT2D eigenvalue weighted by molar-refractivity contribution is 0.242. The lowest BCUT2D eigenvalue weighted by Gasteiger charge is -2.09. The van der Waals surface area contributed by atoms with Crippen LogP contribution in [0.15, 0.2) is 11.6 Å². The van der Waals surface area contributed by atoms with Gasteiger partial charge in [-0.25, -0.2) is 0 Å². The molecule has 0 radical (unpaired) electrons. The van der Waals surface area contributed by atoms with E-state index in [-0.39, 0.29) is 6.10 Å². The lowest BCUT2D eigenvalue weighted by Crippen LogP contribution is -2.00.